The highest BCUT2D eigenvalue weighted by atomic mass is 35.5. The molecular formula is C32H32ClNO6. The Kier molecular flexibility index (Phi) is 8.64. The van der Waals surface area contributed by atoms with Crippen molar-refractivity contribution in [1.82, 2.24) is 0 Å². The third-order valence-electron chi connectivity index (χ3n) is 6.31. The standard InChI is InChI=1S/C32H32ClNO6/c1-6-14-38-31(37)21-8-7-9-23(16-21)34-27(35)18-39-30-28(36)24-17-25(33)19(2)15-26(24)40-29(30)20-10-12-22(13-11-20)32(3,4)5/h7-13,15-17H,6,14,18H2,1-5H3,(H,34,35). The molecule has 208 valence electrons. The number of aryl methyl sites for hydroxylation is 1. The first-order chi connectivity index (χ1) is 19.0. The lowest BCUT2D eigenvalue weighted by Gasteiger charge is -2.19. The zero-order valence-corrected chi connectivity index (χ0v) is 24.0. The van der Waals surface area contributed by atoms with E-state index in [4.69, 9.17) is 25.5 Å². The van der Waals surface area contributed by atoms with Gasteiger partial charge < -0.3 is 19.2 Å². The summed E-state index contributed by atoms with van der Waals surface area (Å²) in [6.45, 7) is 9.91. The second-order valence-electron chi connectivity index (χ2n) is 10.6. The van der Waals surface area contributed by atoms with Crippen molar-refractivity contribution >= 4 is 40.1 Å². The van der Waals surface area contributed by atoms with Crippen LogP contribution in [0.3, 0.4) is 0 Å². The number of carbonyl (C=O) groups is 2. The van der Waals surface area contributed by atoms with Crippen LogP contribution >= 0.6 is 11.6 Å². The molecule has 1 aromatic heterocycles. The molecule has 0 fully saturated rings. The molecule has 0 saturated heterocycles. The molecule has 0 aliphatic heterocycles. The van der Waals surface area contributed by atoms with Gasteiger partial charge in [-0.25, -0.2) is 4.79 Å². The molecule has 0 atom stereocenters. The van der Waals surface area contributed by atoms with Crippen molar-refractivity contribution < 1.29 is 23.5 Å². The Morgan fingerprint density at radius 2 is 1.75 bits per heavy atom. The Morgan fingerprint density at radius 1 is 1.02 bits per heavy atom. The van der Waals surface area contributed by atoms with Gasteiger partial charge in [0.05, 0.1) is 17.6 Å². The highest BCUT2D eigenvalue weighted by Crippen LogP contribution is 2.34. The van der Waals surface area contributed by atoms with Crippen molar-refractivity contribution in [2.75, 3.05) is 18.5 Å². The van der Waals surface area contributed by atoms with E-state index < -0.39 is 23.9 Å². The summed E-state index contributed by atoms with van der Waals surface area (Å²) < 4.78 is 17.1. The number of rotatable bonds is 8. The summed E-state index contributed by atoms with van der Waals surface area (Å²) in [5.41, 5.74) is 3.09. The number of esters is 1. The van der Waals surface area contributed by atoms with Gasteiger partial charge in [0, 0.05) is 16.3 Å². The molecule has 4 aromatic rings. The molecule has 40 heavy (non-hydrogen) atoms. The van der Waals surface area contributed by atoms with Crippen molar-refractivity contribution in [3.63, 3.8) is 0 Å². The molecule has 0 radical (unpaired) electrons. The van der Waals surface area contributed by atoms with Gasteiger partial charge in [0.1, 0.15) is 5.58 Å². The van der Waals surface area contributed by atoms with Crippen molar-refractivity contribution in [2.45, 2.75) is 46.5 Å². The molecule has 0 aliphatic rings. The molecule has 0 bridgehead atoms. The van der Waals surface area contributed by atoms with Crippen LogP contribution in [0, 0.1) is 6.92 Å². The van der Waals surface area contributed by atoms with Crippen molar-refractivity contribution in [3.8, 4) is 17.1 Å². The largest absolute Gasteiger partial charge is 0.476 e. The SMILES string of the molecule is CCCOC(=O)c1cccc(NC(=O)COc2c(-c3ccc(C(C)(C)C)cc3)oc3cc(C)c(Cl)cc3c2=O)c1. The van der Waals surface area contributed by atoms with E-state index >= 15 is 0 Å². The van der Waals surface area contributed by atoms with E-state index in [2.05, 4.69) is 26.1 Å². The van der Waals surface area contributed by atoms with Crippen molar-refractivity contribution in [3.05, 3.63) is 92.6 Å². The van der Waals surface area contributed by atoms with Gasteiger partial charge in [-0.1, -0.05) is 69.6 Å². The van der Waals surface area contributed by atoms with Crippen LogP contribution in [0.15, 0.2) is 69.9 Å². The van der Waals surface area contributed by atoms with E-state index in [-0.39, 0.29) is 22.3 Å². The molecule has 0 saturated carbocycles. The van der Waals surface area contributed by atoms with Crippen LogP contribution in [0.4, 0.5) is 5.69 Å². The average molecular weight is 562 g/mol. The molecule has 1 N–H and O–H groups in total. The maximum atomic E-state index is 13.6. The first kappa shape index (κ1) is 28.9. The second kappa shape index (κ2) is 12.0. The first-order valence-electron chi connectivity index (χ1n) is 13.1. The smallest absolute Gasteiger partial charge is 0.338 e. The van der Waals surface area contributed by atoms with E-state index in [1.54, 1.807) is 30.3 Å². The molecule has 0 spiro atoms. The Bertz CT molecular complexity index is 1620. The monoisotopic (exact) mass is 561 g/mol. The molecule has 1 heterocycles. The molecule has 3 aromatic carbocycles. The molecule has 1 amide bonds. The fourth-order valence-corrected chi connectivity index (χ4v) is 4.24. The average Bonchev–Trinajstić information content (AvgIpc) is 2.92. The second-order valence-corrected chi connectivity index (χ2v) is 11.0. The lowest BCUT2D eigenvalue weighted by Crippen LogP contribution is -2.23. The van der Waals surface area contributed by atoms with Gasteiger partial charge in [-0.2, -0.15) is 0 Å². The van der Waals surface area contributed by atoms with Crippen molar-refractivity contribution in [1.29, 1.82) is 0 Å². The van der Waals surface area contributed by atoms with Crippen molar-refractivity contribution in [2.24, 2.45) is 0 Å². The number of nitrogens with one attached hydrogen (secondary N) is 1. The number of carbonyl (C=O) groups excluding carboxylic acids is 2. The highest BCUT2D eigenvalue weighted by molar-refractivity contribution is 6.32. The topological polar surface area (TPSA) is 94.8 Å². The molecule has 8 heteroatoms. The number of hydrogen-bond acceptors (Lipinski definition) is 6. The number of hydrogen-bond donors (Lipinski definition) is 1. The van der Waals surface area contributed by atoms with Crippen LogP contribution < -0.4 is 15.5 Å². The number of halogens is 1. The number of anilines is 1. The predicted octanol–water partition coefficient (Wildman–Crippen LogP) is 7.30. The van der Waals surface area contributed by atoms with Crippen LogP contribution in [0.2, 0.25) is 5.02 Å². The summed E-state index contributed by atoms with van der Waals surface area (Å²) in [5.74, 6) is -0.871. The molecular weight excluding hydrogens is 530 g/mol. The fraction of sp³-hybridized carbons (Fsp3) is 0.281. The molecule has 0 unspecified atom stereocenters. The quantitative estimate of drug-likeness (QED) is 0.227. The lowest BCUT2D eigenvalue weighted by atomic mass is 9.86. The lowest BCUT2D eigenvalue weighted by molar-refractivity contribution is -0.118. The van der Waals surface area contributed by atoms with Gasteiger partial charge in [0.2, 0.25) is 11.2 Å². The number of ether oxygens (including phenoxy) is 2. The zero-order chi connectivity index (χ0) is 29.0. The Balaban J connectivity index is 1.64. The van der Waals surface area contributed by atoms with E-state index in [1.807, 2.05) is 38.1 Å². The number of amides is 1. The molecule has 0 aliphatic carbocycles. The van der Waals surface area contributed by atoms with E-state index in [1.165, 1.54) is 6.07 Å². The third-order valence-corrected chi connectivity index (χ3v) is 6.72. The molecule has 4 rings (SSSR count). The third kappa shape index (κ3) is 6.54. The highest BCUT2D eigenvalue weighted by Gasteiger charge is 2.21. The zero-order valence-electron chi connectivity index (χ0n) is 23.2. The summed E-state index contributed by atoms with van der Waals surface area (Å²) in [6, 6.07) is 17.3. The number of benzene rings is 3. The summed E-state index contributed by atoms with van der Waals surface area (Å²) in [6.07, 6.45) is 0.705. The van der Waals surface area contributed by atoms with Gasteiger partial charge in [0.25, 0.3) is 5.91 Å². The normalized spacial score (nSPS) is 11.3. The minimum absolute atomic E-state index is 0.0575. The van der Waals surface area contributed by atoms with Gasteiger partial charge in [0.15, 0.2) is 12.4 Å². The van der Waals surface area contributed by atoms with Crippen LogP contribution in [-0.2, 0) is 14.9 Å². The summed E-state index contributed by atoms with van der Waals surface area (Å²) in [7, 11) is 0. The van der Waals surface area contributed by atoms with Gasteiger partial charge >= 0.3 is 5.97 Å². The van der Waals surface area contributed by atoms with Crippen LogP contribution in [0.25, 0.3) is 22.3 Å². The van der Waals surface area contributed by atoms with Gasteiger partial charge in [-0.3, -0.25) is 9.59 Å². The Hall–Kier alpha value is -4.10. The van der Waals surface area contributed by atoms with Crippen LogP contribution in [-0.4, -0.2) is 25.1 Å². The Morgan fingerprint density at radius 3 is 2.42 bits per heavy atom. The van der Waals surface area contributed by atoms with Crippen LogP contribution in [0.1, 0.15) is 55.6 Å². The van der Waals surface area contributed by atoms with Gasteiger partial charge in [-0.15, -0.1) is 0 Å². The maximum absolute atomic E-state index is 13.6. The summed E-state index contributed by atoms with van der Waals surface area (Å²) in [4.78, 5) is 38.5. The van der Waals surface area contributed by atoms with Crippen LogP contribution in [0.5, 0.6) is 5.75 Å². The molecule has 7 nitrogen and oxygen atoms in total. The maximum Gasteiger partial charge on any atom is 0.338 e. The van der Waals surface area contributed by atoms with E-state index in [9.17, 15) is 14.4 Å². The fourth-order valence-electron chi connectivity index (χ4n) is 4.08. The summed E-state index contributed by atoms with van der Waals surface area (Å²) >= 11 is 6.29. The minimum atomic E-state index is -0.519. The van der Waals surface area contributed by atoms with Gasteiger partial charge in [-0.05, 0) is 60.2 Å². The Labute approximate surface area is 238 Å². The number of fused-ring (bicyclic) bond motifs is 1. The minimum Gasteiger partial charge on any atom is -0.476 e. The first-order valence-corrected chi connectivity index (χ1v) is 13.4. The summed E-state index contributed by atoms with van der Waals surface area (Å²) in [5, 5.41) is 3.36. The predicted molar refractivity (Wildman–Crippen MR) is 158 cm³/mol. The van der Waals surface area contributed by atoms with E-state index in [0.29, 0.717) is 40.4 Å². The van der Waals surface area contributed by atoms with E-state index in [0.717, 1.165) is 11.1 Å².